The summed E-state index contributed by atoms with van der Waals surface area (Å²) in [7, 11) is 1.49. The Kier molecular flexibility index (Phi) is 7.66. The molecule has 2 saturated heterocycles. The molecule has 0 spiro atoms. The van der Waals surface area contributed by atoms with Gasteiger partial charge in [0.15, 0.2) is 0 Å². The monoisotopic (exact) mass is 452 g/mol. The molecule has 0 bridgehead atoms. The molecule has 0 aromatic heterocycles. The number of thiocarbonyl (C=S) groups is 1. The number of anilines is 2. The summed E-state index contributed by atoms with van der Waals surface area (Å²) in [5, 5.41) is 3.11. The van der Waals surface area contributed by atoms with E-state index in [1.54, 1.807) is 17.0 Å². The number of nitrogens with zero attached hydrogens (tertiary/aromatic N) is 3. The fourth-order valence-corrected chi connectivity index (χ4v) is 3.67. The zero-order chi connectivity index (χ0) is 22.5. The van der Waals surface area contributed by atoms with E-state index in [9.17, 15) is 14.0 Å². The van der Waals surface area contributed by atoms with Crippen molar-refractivity contribution in [3.8, 4) is 0 Å². The standard InChI is InChI=1S/C21H29FN4O4S/c1-14(2)20(31)23-11-16-12-26(21(28)30-16)15-4-5-18(17(22)10-15)24-6-8-25(9-7-24)19(27)13-29-3/h4-5,10,14,16H,6-9,11-13H2,1-3H3,(H,23,31)/t16-/m0/s1. The number of halogens is 1. The molecule has 0 saturated carbocycles. The van der Waals surface area contributed by atoms with Gasteiger partial charge in [-0.2, -0.15) is 0 Å². The number of rotatable bonds is 7. The van der Waals surface area contributed by atoms with Gasteiger partial charge < -0.3 is 24.6 Å². The van der Waals surface area contributed by atoms with Crippen molar-refractivity contribution in [3.05, 3.63) is 24.0 Å². The summed E-state index contributed by atoms with van der Waals surface area (Å²) in [6, 6.07) is 4.74. The maximum atomic E-state index is 14.9. The second-order valence-electron chi connectivity index (χ2n) is 7.95. The Morgan fingerprint density at radius 3 is 2.65 bits per heavy atom. The number of hydrogen-bond donors (Lipinski definition) is 1. The molecule has 0 unspecified atom stereocenters. The highest BCUT2D eigenvalue weighted by atomic mass is 32.1. The number of benzene rings is 1. The number of methoxy groups -OCH3 is 1. The predicted molar refractivity (Wildman–Crippen MR) is 120 cm³/mol. The van der Waals surface area contributed by atoms with Gasteiger partial charge in [-0.3, -0.25) is 9.69 Å². The second kappa shape index (κ2) is 10.2. The maximum Gasteiger partial charge on any atom is 0.414 e. The van der Waals surface area contributed by atoms with Gasteiger partial charge in [-0.15, -0.1) is 0 Å². The lowest BCUT2D eigenvalue weighted by Crippen LogP contribution is -2.50. The van der Waals surface area contributed by atoms with Crippen LogP contribution in [0.2, 0.25) is 0 Å². The lowest BCUT2D eigenvalue weighted by molar-refractivity contribution is -0.135. The Labute approximate surface area is 187 Å². The Morgan fingerprint density at radius 2 is 2.03 bits per heavy atom. The van der Waals surface area contributed by atoms with E-state index in [2.05, 4.69) is 5.32 Å². The molecule has 170 valence electrons. The van der Waals surface area contributed by atoms with Crippen LogP contribution in [0.1, 0.15) is 13.8 Å². The Hall–Kier alpha value is -2.46. The van der Waals surface area contributed by atoms with Gasteiger partial charge in [0.05, 0.1) is 29.5 Å². The highest BCUT2D eigenvalue weighted by molar-refractivity contribution is 7.80. The summed E-state index contributed by atoms with van der Waals surface area (Å²) >= 11 is 5.25. The number of piperazine rings is 1. The molecule has 1 N–H and O–H groups in total. The lowest BCUT2D eigenvalue weighted by atomic mass is 10.2. The minimum atomic E-state index is -0.500. The molecule has 8 nitrogen and oxygen atoms in total. The van der Waals surface area contributed by atoms with E-state index in [1.165, 1.54) is 18.1 Å². The molecule has 1 aromatic rings. The van der Waals surface area contributed by atoms with Crippen LogP contribution in [0.5, 0.6) is 0 Å². The first-order chi connectivity index (χ1) is 14.8. The number of amides is 2. The number of ether oxygens (including phenoxy) is 2. The quantitative estimate of drug-likeness (QED) is 0.635. The fraction of sp³-hybridized carbons (Fsp3) is 0.571. The summed E-state index contributed by atoms with van der Waals surface area (Å²) < 4.78 is 25.1. The zero-order valence-corrected chi connectivity index (χ0v) is 18.9. The molecule has 10 heteroatoms. The maximum absolute atomic E-state index is 14.9. The third-order valence-corrected chi connectivity index (χ3v) is 6.00. The van der Waals surface area contributed by atoms with E-state index < -0.39 is 11.9 Å². The molecule has 3 rings (SSSR count). The summed E-state index contributed by atoms with van der Waals surface area (Å²) in [6.45, 7) is 6.85. The van der Waals surface area contributed by atoms with Crippen molar-refractivity contribution in [2.24, 2.45) is 5.92 Å². The molecule has 2 aliphatic rings. The summed E-state index contributed by atoms with van der Waals surface area (Å²) in [5.41, 5.74) is 0.907. The molecule has 2 heterocycles. The van der Waals surface area contributed by atoms with Crippen molar-refractivity contribution in [1.29, 1.82) is 0 Å². The molecular weight excluding hydrogens is 423 g/mol. The first-order valence-corrected chi connectivity index (χ1v) is 10.8. The molecule has 1 atom stereocenters. The number of cyclic esters (lactones) is 1. The Morgan fingerprint density at radius 1 is 1.32 bits per heavy atom. The van der Waals surface area contributed by atoms with E-state index in [0.29, 0.717) is 55.6 Å². The van der Waals surface area contributed by atoms with Crippen molar-refractivity contribution in [1.82, 2.24) is 10.2 Å². The van der Waals surface area contributed by atoms with Crippen LogP contribution >= 0.6 is 12.2 Å². The van der Waals surface area contributed by atoms with Crippen LogP contribution in [0, 0.1) is 11.7 Å². The topological polar surface area (TPSA) is 74.3 Å². The molecule has 2 fully saturated rings. The Bertz CT molecular complexity index is 830. The SMILES string of the molecule is COCC(=O)N1CCN(c2ccc(N3C[C@H](CNC(=S)C(C)C)OC3=O)cc2F)CC1. The molecule has 1 aromatic carbocycles. The average molecular weight is 453 g/mol. The highest BCUT2D eigenvalue weighted by Crippen LogP contribution is 2.28. The van der Waals surface area contributed by atoms with Crippen molar-refractivity contribution in [3.63, 3.8) is 0 Å². The normalized spacial score (nSPS) is 19.1. The van der Waals surface area contributed by atoms with Gasteiger partial charge in [-0.05, 0) is 18.2 Å². The Balaban J connectivity index is 1.59. The first kappa shape index (κ1) is 23.2. The molecular formula is C21H29FN4O4S. The highest BCUT2D eigenvalue weighted by Gasteiger charge is 2.33. The molecule has 31 heavy (non-hydrogen) atoms. The lowest BCUT2D eigenvalue weighted by Gasteiger charge is -2.36. The van der Waals surface area contributed by atoms with Gasteiger partial charge in [0.2, 0.25) is 5.91 Å². The largest absolute Gasteiger partial charge is 0.442 e. The van der Waals surface area contributed by atoms with Crippen LogP contribution in [0.15, 0.2) is 18.2 Å². The third-order valence-electron chi connectivity index (χ3n) is 5.39. The van der Waals surface area contributed by atoms with E-state index in [4.69, 9.17) is 21.7 Å². The van der Waals surface area contributed by atoms with Crippen LogP contribution in [0.4, 0.5) is 20.6 Å². The van der Waals surface area contributed by atoms with Gasteiger partial charge in [0.25, 0.3) is 0 Å². The van der Waals surface area contributed by atoms with Crippen LogP contribution in [-0.2, 0) is 14.3 Å². The van der Waals surface area contributed by atoms with E-state index in [-0.39, 0.29) is 24.5 Å². The third kappa shape index (κ3) is 5.62. The van der Waals surface area contributed by atoms with Crippen molar-refractivity contribution in [2.45, 2.75) is 20.0 Å². The molecule has 0 aliphatic carbocycles. The number of nitrogens with one attached hydrogen (secondary N) is 1. The predicted octanol–water partition coefficient (Wildman–Crippen LogP) is 2.02. The van der Waals surface area contributed by atoms with Gasteiger partial charge in [-0.25, -0.2) is 9.18 Å². The summed E-state index contributed by atoms with van der Waals surface area (Å²) in [4.78, 5) is 30.0. The van der Waals surface area contributed by atoms with Gasteiger partial charge in [0, 0.05) is 39.2 Å². The van der Waals surface area contributed by atoms with Crippen molar-refractivity contribution < 1.29 is 23.5 Å². The summed E-state index contributed by atoms with van der Waals surface area (Å²) in [5.74, 6) is -0.266. The van der Waals surface area contributed by atoms with Crippen LogP contribution in [0.25, 0.3) is 0 Å². The summed E-state index contributed by atoms with van der Waals surface area (Å²) in [6.07, 6.45) is -0.857. The molecule has 0 radical (unpaired) electrons. The molecule has 2 amide bonds. The van der Waals surface area contributed by atoms with Gasteiger partial charge in [-0.1, -0.05) is 26.1 Å². The van der Waals surface area contributed by atoms with Crippen molar-refractivity contribution in [2.75, 3.05) is 62.8 Å². The zero-order valence-electron chi connectivity index (χ0n) is 18.1. The first-order valence-electron chi connectivity index (χ1n) is 10.4. The van der Waals surface area contributed by atoms with Gasteiger partial charge >= 0.3 is 6.09 Å². The van der Waals surface area contributed by atoms with Crippen LogP contribution in [0.3, 0.4) is 0 Å². The number of hydrogen-bond acceptors (Lipinski definition) is 6. The number of carbonyl (C=O) groups is 2. The fourth-order valence-electron chi connectivity index (χ4n) is 3.59. The van der Waals surface area contributed by atoms with E-state index in [0.717, 1.165) is 0 Å². The second-order valence-corrected chi connectivity index (χ2v) is 8.39. The van der Waals surface area contributed by atoms with Crippen LogP contribution in [-0.4, -0.2) is 81.0 Å². The van der Waals surface area contributed by atoms with E-state index >= 15 is 0 Å². The smallest absolute Gasteiger partial charge is 0.414 e. The average Bonchev–Trinajstić information content (AvgIpc) is 3.12. The van der Waals surface area contributed by atoms with Gasteiger partial charge in [0.1, 0.15) is 18.5 Å². The minimum Gasteiger partial charge on any atom is -0.442 e. The van der Waals surface area contributed by atoms with Crippen molar-refractivity contribution >= 4 is 40.6 Å². The van der Waals surface area contributed by atoms with Crippen LogP contribution < -0.4 is 15.1 Å². The molecule has 2 aliphatic heterocycles. The number of carbonyl (C=O) groups excluding carboxylic acids is 2. The minimum absolute atomic E-state index is 0.0504. The van der Waals surface area contributed by atoms with E-state index in [1.807, 2.05) is 18.7 Å².